The average Bonchev–Trinajstić information content (AvgIpc) is 1.65. The lowest BCUT2D eigenvalue weighted by atomic mass is 10.7. The van der Waals surface area contributed by atoms with Gasteiger partial charge in [-0.25, -0.2) is 4.79 Å². The topological polar surface area (TPSA) is 87.3 Å². The van der Waals surface area contributed by atoms with Crippen LogP contribution in [0.15, 0.2) is 12.7 Å². The molecule has 0 unspecified atom stereocenters. The highest BCUT2D eigenvalue weighted by atomic mass is 16.7. The van der Waals surface area contributed by atoms with Gasteiger partial charge >= 0.3 is 5.97 Å². The number of nitrogens with two attached hydrogens (primary N) is 1. The second-order valence-electron chi connectivity index (χ2n) is 0.641. The van der Waals surface area contributed by atoms with Crippen molar-refractivity contribution in [1.82, 2.24) is 6.15 Å². The van der Waals surface area contributed by atoms with Crippen molar-refractivity contribution in [3.63, 3.8) is 0 Å². The molecule has 0 spiro atoms. The van der Waals surface area contributed by atoms with E-state index in [1.54, 1.807) is 0 Å². The van der Waals surface area contributed by atoms with Crippen LogP contribution in [-0.2, 0) is 9.63 Å². The Bertz CT molecular complexity index is 71.3. The van der Waals surface area contributed by atoms with Crippen molar-refractivity contribution in [2.45, 2.75) is 0 Å². The van der Waals surface area contributed by atoms with Crippen LogP contribution in [0.3, 0.4) is 0 Å². The highest BCUT2D eigenvalue weighted by molar-refractivity contribution is 5.80. The van der Waals surface area contributed by atoms with Crippen LogP contribution in [0.5, 0.6) is 0 Å². The normalized spacial score (nSPS) is 5.86. The summed E-state index contributed by atoms with van der Waals surface area (Å²) in [7, 11) is 0. The van der Waals surface area contributed by atoms with Crippen molar-refractivity contribution in [3.05, 3.63) is 12.7 Å². The minimum atomic E-state index is -0.616. The molecule has 5 N–H and O–H groups in total. The highest BCUT2D eigenvalue weighted by Crippen LogP contribution is 1.64. The number of hydrogen-bond acceptors (Lipinski definition) is 4. The third kappa shape index (κ3) is 5.13. The van der Waals surface area contributed by atoms with Crippen LogP contribution in [0.1, 0.15) is 0 Å². The third-order valence-electron chi connectivity index (χ3n) is 0.283. The minimum Gasteiger partial charge on any atom is -0.370 e. The van der Waals surface area contributed by atoms with Crippen molar-refractivity contribution >= 4 is 5.97 Å². The Morgan fingerprint density at radius 3 is 2.29 bits per heavy atom. The lowest BCUT2D eigenvalue weighted by Crippen LogP contribution is -2.04. The van der Waals surface area contributed by atoms with Gasteiger partial charge in [0.1, 0.15) is 0 Å². The molecule has 4 heteroatoms. The summed E-state index contributed by atoms with van der Waals surface area (Å²) in [6.45, 7) is 3.08. The van der Waals surface area contributed by atoms with Crippen molar-refractivity contribution < 1.29 is 9.63 Å². The van der Waals surface area contributed by atoms with E-state index < -0.39 is 5.97 Å². The molecule has 0 aromatic rings. The van der Waals surface area contributed by atoms with Gasteiger partial charge < -0.3 is 11.0 Å². The first-order valence-corrected chi connectivity index (χ1v) is 1.34. The number of carbonyl (C=O) groups excluding carboxylic acids is 1. The predicted molar refractivity (Wildman–Crippen MR) is 25.5 cm³/mol. The zero-order valence-corrected chi connectivity index (χ0v) is 3.89. The van der Waals surface area contributed by atoms with Crippen LogP contribution in [0.2, 0.25) is 0 Å². The Morgan fingerprint density at radius 2 is 2.29 bits per heavy atom. The molecule has 0 bridgehead atoms. The van der Waals surface area contributed by atoms with Crippen molar-refractivity contribution in [3.8, 4) is 0 Å². The van der Waals surface area contributed by atoms with E-state index in [-0.39, 0.29) is 6.15 Å². The molecule has 0 amide bonds. The number of carbonyl (C=O) groups is 1. The van der Waals surface area contributed by atoms with Crippen molar-refractivity contribution in [2.24, 2.45) is 5.90 Å². The number of rotatable bonds is 1. The molecule has 0 atom stereocenters. The molecule has 0 fully saturated rings. The van der Waals surface area contributed by atoms with E-state index in [0.717, 1.165) is 6.08 Å². The fraction of sp³-hybridized carbons (Fsp3) is 0. The molecular formula is C3H8N2O2. The lowest BCUT2D eigenvalue weighted by Gasteiger charge is -1.81. The summed E-state index contributed by atoms with van der Waals surface area (Å²) in [4.78, 5) is 13.4. The zero-order valence-electron chi connectivity index (χ0n) is 3.89. The van der Waals surface area contributed by atoms with Crippen LogP contribution in [0.25, 0.3) is 0 Å². The van der Waals surface area contributed by atoms with E-state index in [4.69, 9.17) is 0 Å². The van der Waals surface area contributed by atoms with E-state index >= 15 is 0 Å². The molecule has 4 nitrogen and oxygen atoms in total. The first-order chi connectivity index (χ1) is 2.81. The fourth-order valence-electron chi connectivity index (χ4n) is 0.0481. The Hall–Kier alpha value is -0.870. The van der Waals surface area contributed by atoms with Gasteiger partial charge in [-0.15, -0.1) is 0 Å². The summed E-state index contributed by atoms with van der Waals surface area (Å²) in [5.41, 5.74) is 0. The largest absolute Gasteiger partial charge is 0.370 e. The van der Waals surface area contributed by atoms with Crippen LogP contribution in [0.4, 0.5) is 0 Å². The van der Waals surface area contributed by atoms with E-state index in [9.17, 15) is 4.79 Å². The summed E-state index contributed by atoms with van der Waals surface area (Å²) >= 11 is 0. The summed E-state index contributed by atoms with van der Waals surface area (Å²) < 4.78 is 0. The molecule has 0 radical (unpaired) electrons. The molecular weight excluding hydrogens is 96.0 g/mol. The lowest BCUT2D eigenvalue weighted by molar-refractivity contribution is -0.138. The first-order valence-electron chi connectivity index (χ1n) is 1.34. The van der Waals surface area contributed by atoms with E-state index in [0.29, 0.717) is 0 Å². The second kappa shape index (κ2) is 5.13. The molecule has 0 aromatic heterocycles. The van der Waals surface area contributed by atoms with E-state index in [2.05, 4.69) is 17.3 Å². The van der Waals surface area contributed by atoms with Crippen LogP contribution in [0, 0.1) is 0 Å². The van der Waals surface area contributed by atoms with Gasteiger partial charge in [-0.05, 0) is 0 Å². The maximum atomic E-state index is 9.72. The second-order valence-corrected chi connectivity index (χ2v) is 0.641. The molecule has 0 rings (SSSR count). The first kappa shape index (κ1) is 9.46. The zero-order chi connectivity index (χ0) is 4.99. The monoisotopic (exact) mass is 104 g/mol. The summed E-state index contributed by atoms with van der Waals surface area (Å²) in [6, 6.07) is 0. The molecule has 42 valence electrons. The molecule has 0 aliphatic heterocycles. The SMILES string of the molecule is C=CC(=O)ON.N. The van der Waals surface area contributed by atoms with Crippen LogP contribution >= 0.6 is 0 Å². The summed E-state index contributed by atoms with van der Waals surface area (Å²) in [5.74, 6) is 3.75. The molecule has 0 aliphatic rings. The van der Waals surface area contributed by atoms with Gasteiger partial charge in [0.2, 0.25) is 0 Å². The van der Waals surface area contributed by atoms with Gasteiger partial charge in [0.25, 0.3) is 0 Å². The average molecular weight is 104 g/mol. The maximum absolute atomic E-state index is 9.72. The van der Waals surface area contributed by atoms with Gasteiger partial charge in [-0.2, -0.15) is 5.90 Å². The Morgan fingerprint density at radius 1 is 1.86 bits per heavy atom. The molecule has 7 heavy (non-hydrogen) atoms. The standard InChI is InChI=1S/C3H5NO2.H3N/c1-2-3(5)6-4;/h2H,1,4H2;1H3. The Balaban J connectivity index is 0. The molecule has 0 saturated carbocycles. The third-order valence-corrected chi connectivity index (χ3v) is 0.283. The van der Waals surface area contributed by atoms with Gasteiger partial charge in [0.15, 0.2) is 0 Å². The van der Waals surface area contributed by atoms with E-state index in [1.807, 2.05) is 0 Å². The Kier molecular flexibility index (Phi) is 6.93. The summed E-state index contributed by atoms with van der Waals surface area (Å²) in [5, 5.41) is 0. The van der Waals surface area contributed by atoms with Crippen molar-refractivity contribution in [2.75, 3.05) is 0 Å². The van der Waals surface area contributed by atoms with Gasteiger partial charge in [-0.1, -0.05) is 6.58 Å². The maximum Gasteiger partial charge on any atom is 0.348 e. The summed E-state index contributed by atoms with van der Waals surface area (Å²) in [6.07, 6.45) is 0.986. The van der Waals surface area contributed by atoms with Gasteiger partial charge in [0, 0.05) is 6.08 Å². The minimum absolute atomic E-state index is 0. The van der Waals surface area contributed by atoms with Gasteiger partial charge in [-0.3, -0.25) is 0 Å². The quantitative estimate of drug-likeness (QED) is 0.354. The molecule has 0 heterocycles. The molecule has 0 aliphatic carbocycles. The van der Waals surface area contributed by atoms with Crippen LogP contribution < -0.4 is 12.0 Å². The highest BCUT2D eigenvalue weighted by Gasteiger charge is 1.83. The van der Waals surface area contributed by atoms with Crippen molar-refractivity contribution in [1.29, 1.82) is 0 Å². The van der Waals surface area contributed by atoms with Gasteiger partial charge in [0.05, 0.1) is 0 Å². The van der Waals surface area contributed by atoms with Crippen LogP contribution in [-0.4, -0.2) is 5.97 Å². The smallest absolute Gasteiger partial charge is 0.348 e. The number of hydrogen-bond donors (Lipinski definition) is 2. The Labute approximate surface area is 41.5 Å². The molecule has 0 saturated heterocycles. The predicted octanol–water partition coefficient (Wildman–Crippen LogP) is -0.249. The fourth-order valence-corrected chi connectivity index (χ4v) is 0.0481. The van der Waals surface area contributed by atoms with E-state index in [1.165, 1.54) is 0 Å². The molecule has 0 aromatic carbocycles.